The molecule has 0 N–H and O–H groups in total. The number of hydrogen-bond donors (Lipinski definition) is 0. The van der Waals surface area contributed by atoms with Gasteiger partial charge in [-0.1, -0.05) is 169 Å². The smallest absolute Gasteiger partial charge is 0.143 e. The molecule has 0 bridgehead atoms. The van der Waals surface area contributed by atoms with Gasteiger partial charge in [0.25, 0.3) is 0 Å². The second-order valence-electron chi connectivity index (χ2n) is 15.4. The Kier molecular flexibility index (Phi) is 8.41. The number of furan rings is 1. The number of fused-ring (bicyclic) bond motifs is 6. The van der Waals surface area contributed by atoms with E-state index in [1.165, 1.54) is 60.5 Å². The third kappa shape index (κ3) is 6.23. The molecule has 0 unspecified atom stereocenters. The highest BCUT2D eigenvalue weighted by molar-refractivity contribution is 6.14. The Morgan fingerprint density at radius 3 is 1.46 bits per heavy atom. The number of rotatable bonds is 7. The molecule has 0 aliphatic rings. The van der Waals surface area contributed by atoms with E-state index in [-0.39, 0.29) is 0 Å². The lowest BCUT2D eigenvalue weighted by atomic mass is 9.93. The van der Waals surface area contributed by atoms with Gasteiger partial charge in [-0.2, -0.15) is 0 Å². The van der Waals surface area contributed by atoms with Crippen molar-refractivity contribution in [2.45, 2.75) is 6.92 Å². The van der Waals surface area contributed by atoms with Crippen molar-refractivity contribution in [2.75, 3.05) is 4.90 Å². The fourth-order valence-electron chi connectivity index (χ4n) is 8.75. The number of para-hydroxylation sites is 1. The topological polar surface area (TPSA) is 16.4 Å². The van der Waals surface area contributed by atoms with Crippen LogP contribution in [-0.4, -0.2) is 0 Å². The highest BCUT2D eigenvalue weighted by Gasteiger charge is 2.17. The van der Waals surface area contributed by atoms with Crippen LogP contribution in [0.4, 0.5) is 17.1 Å². The van der Waals surface area contributed by atoms with Gasteiger partial charge in [0.05, 0.1) is 0 Å². The molecule has 2 heteroatoms. The van der Waals surface area contributed by atoms with Crippen LogP contribution in [0.15, 0.2) is 223 Å². The van der Waals surface area contributed by atoms with Crippen molar-refractivity contribution in [2.24, 2.45) is 0 Å². The van der Waals surface area contributed by atoms with Crippen LogP contribution in [0.25, 0.3) is 88.0 Å². The molecule has 10 aromatic carbocycles. The molecule has 11 rings (SSSR count). The van der Waals surface area contributed by atoms with Crippen molar-refractivity contribution in [1.29, 1.82) is 0 Å². The van der Waals surface area contributed by atoms with Crippen LogP contribution in [0, 0.1) is 6.92 Å². The fourth-order valence-corrected chi connectivity index (χ4v) is 8.75. The van der Waals surface area contributed by atoms with Crippen LogP contribution in [0.1, 0.15) is 5.56 Å². The monoisotopic (exact) mass is 753 g/mol. The van der Waals surface area contributed by atoms with Crippen LogP contribution < -0.4 is 4.90 Å². The predicted octanol–water partition coefficient (Wildman–Crippen LogP) is 16.3. The van der Waals surface area contributed by atoms with Gasteiger partial charge >= 0.3 is 0 Å². The molecule has 1 aromatic heterocycles. The Balaban J connectivity index is 0.982. The summed E-state index contributed by atoms with van der Waals surface area (Å²) < 4.78 is 6.47. The van der Waals surface area contributed by atoms with Gasteiger partial charge in [-0.25, -0.2) is 0 Å². The first-order valence-corrected chi connectivity index (χ1v) is 20.2. The molecule has 2 nitrogen and oxygen atoms in total. The predicted molar refractivity (Wildman–Crippen MR) is 250 cm³/mol. The Hall–Kier alpha value is -7.68. The van der Waals surface area contributed by atoms with Crippen LogP contribution in [0.5, 0.6) is 0 Å². The van der Waals surface area contributed by atoms with E-state index in [1.54, 1.807) is 0 Å². The molecule has 0 radical (unpaired) electrons. The first kappa shape index (κ1) is 34.6. The molecule has 11 aromatic rings. The van der Waals surface area contributed by atoms with Crippen LogP contribution in [-0.2, 0) is 0 Å². The SMILES string of the molecule is Cc1ccc2oc3c(-c4ccc(N(c5ccc(-c6ccc(-c7ccccc7)cc6)cc5)c5ccc(-c6cc7ccccc7c7ccccc67)cc5)cc4)cccc3c2c1. The molecule has 1 heterocycles. The van der Waals surface area contributed by atoms with Gasteiger partial charge in [0.1, 0.15) is 11.2 Å². The molecule has 0 saturated heterocycles. The van der Waals surface area contributed by atoms with E-state index in [1.807, 2.05) is 0 Å². The van der Waals surface area contributed by atoms with E-state index in [4.69, 9.17) is 4.42 Å². The van der Waals surface area contributed by atoms with Gasteiger partial charge in [0.2, 0.25) is 0 Å². The third-order valence-corrected chi connectivity index (χ3v) is 11.7. The normalized spacial score (nSPS) is 11.5. The number of anilines is 3. The average Bonchev–Trinajstić information content (AvgIpc) is 3.68. The van der Waals surface area contributed by atoms with Gasteiger partial charge in [-0.15, -0.1) is 0 Å². The molecule has 0 fully saturated rings. The number of hydrogen-bond acceptors (Lipinski definition) is 2. The molecule has 278 valence electrons. The molecule has 0 aliphatic carbocycles. The maximum Gasteiger partial charge on any atom is 0.143 e. The van der Waals surface area contributed by atoms with Crippen molar-refractivity contribution in [1.82, 2.24) is 0 Å². The van der Waals surface area contributed by atoms with Crippen molar-refractivity contribution in [3.8, 4) is 44.5 Å². The minimum absolute atomic E-state index is 0.913. The summed E-state index contributed by atoms with van der Waals surface area (Å²) in [6.07, 6.45) is 0. The highest BCUT2D eigenvalue weighted by Crippen LogP contribution is 2.41. The number of benzene rings is 10. The summed E-state index contributed by atoms with van der Waals surface area (Å²) in [5.41, 5.74) is 15.7. The molecule has 0 amide bonds. The van der Waals surface area contributed by atoms with Crippen molar-refractivity contribution >= 4 is 60.5 Å². The molecule has 0 spiro atoms. The zero-order valence-corrected chi connectivity index (χ0v) is 32.6. The summed E-state index contributed by atoms with van der Waals surface area (Å²) >= 11 is 0. The van der Waals surface area contributed by atoms with Gasteiger partial charge in [0.15, 0.2) is 0 Å². The maximum absolute atomic E-state index is 6.47. The lowest BCUT2D eigenvalue weighted by Gasteiger charge is -2.26. The van der Waals surface area contributed by atoms with Crippen molar-refractivity contribution in [3.63, 3.8) is 0 Å². The Labute approximate surface area is 343 Å². The van der Waals surface area contributed by atoms with Crippen LogP contribution in [0.2, 0.25) is 0 Å². The lowest BCUT2D eigenvalue weighted by Crippen LogP contribution is -2.09. The van der Waals surface area contributed by atoms with E-state index in [9.17, 15) is 0 Å². The zero-order valence-electron chi connectivity index (χ0n) is 32.6. The van der Waals surface area contributed by atoms with Crippen LogP contribution in [0.3, 0.4) is 0 Å². The number of aryl methyl sites for hydroxylation is 1. The first-order valence-electron chi connectivity index (χ1n) is 20.2. The maximum atomic E-state index is 6.47. The summed E-state index contributed by atoms with van der Waals surface area (Å²) in [4.78, 5) is 2.35. The van der Waals surface area contributed by atoms with Gasteiger partial charge < -0.3 is 9.32 Å². The largest absolute Gasteiger partial charge is 0.455 e. The molecular weight excluding hydrogens is 715 g/mol. The minimum Gasteiger partial charge on any atom is -0.455 e. The molecule has 59 heavy (non-hydrogen) atoms. The highest BCUT2D eigenvalue weighted by atomic mass is 16.3. The van der Waals surface area contributed by atoms with E-state index in [0.29, 0.717) is 0 Å². The lowest BCUT2D eigenvalue weighted by molar-refractivity contribution is 0.670. The quantitative estimate of drug-likeness (QED) is 0.151. The van der Waals surface area contributed by atoms with E-state index < -0.39 is 0 Å². The first-order chi connectivity index (χ1) is 29.1. The molecule has 0 aliphatic heterocycles. The van der Waals surface area contributed by atoms with Crippen molar-refractivity contribution in [3.05, 3.63) is 224 Å². The molecule has 0 atom stereocenters. The van der Waals surface area contributed by atoms with E-state index >= 15 is 0 Å². The molecular formula is C57H39NO. The summed E-state index contributed by atoms with van der Waals surface area (Å²) in [6, 6.07) is 78.8. The summed E-state index contributed by atoms with van der Waals surface area (Å²) in [5, 5.41) is 7.35. The van der Waals surface area contributed by atoms with Gasteiger partial charge in [0, 0.05) is 33.4 Å². The minimum atomic E-state index is 0.913. The Morgan fingerprint density at radius 2 is 0.814 bits per heavy atom. The summed E-state index contributed by atoms with van der Waals surface area (Å²) in [7, 11) is 0. The number of nitrogens with zero attached hydrogens (tertiary/aromatic N) is 1. The van der Waals surface area contributed by atoms with Gasteiger partial charge in [-0.05, 0) is 122 Å². The second-order valence-corrected chi connectivity index (χ2v) is 15.4. The molecule has 0 saturated carbocycles. The fraction of sp³-hybridized carbons (Fsp3) is 0.0175. The standard InChI is InChI=1S/C57H39NO/c1-38-18-35-56-55(36-38)53-17-9-16-50(57(53)59-56)43-25-31-47(32-26-43)58(46-29-23-42(24-30-46)41-21-19-40(20-22-41)39-10-3-2-4-11-39)48-33-27-44(28-34-48)54-37-45-12-5-6-13-49(45)51-14-7-8-15-52(51)54/h2-37H,1H3. The summed E-state index contributed by atoms with van der Waals surface area (Å²) in [6.45, 7) is 2.13. The van der Waals surface area contributed by atoms with Crippen LogP contribution >= 0.6 is 0 Å². The third-order valence-electron chi connectivity index (χ3n) is 11.7. The zero-order chi connectivity index (χ0) is 39.3. The Morgan fingerprint density at radius 1 is 0.322 bits per heavy atom. The Bertz CT molecular complexity index is 3290. The van der Waals surface area contributed by atoms with E-state index in [2.05, 4.69) is 230 Å². The summed E-state index contributed by atoms with van der Waals surface area (Å²) in [5.74, 6) is 0. The van der Waals surface area contributed by atoms with Crippen molar-refractivity contribution < 1.29 is 4.42 Å². The van der Waals surface area contributed by atoms with E-state index in [0.717, 1.165) is 50.1 Å². The second kappa shape index (κ2) is 14.4. The average molecular weight is 754 g/mol. The van der Waals surface area contributed by atoms with Gasteiger partial charge in [-0.3, -0.25) is 0 Å².